The first-order chi connectivity index (χ1) is 11.4. The molecule has 2 aromatic carbocycles. The molecular weight excluding hydrogens is 302 g/mol. The molecule has 0 atom stereocenters. The van der Waals surface area contributed by atoms with Crippen molar-refractivity contribution in [3.05, 3.63) is 64.7 Å². The van der Waals surface area contributed by atoms with Gasteiger partial charge in [0.1, 0.15) is 0 Å². The molecule has 1 N–H and O–H groups in total. The molecule has 0 aliphatic rings. The lowest BCUT2D eigenvalue weighted by Gasteiger charge is -2.10. The van der Waals surface area contributed by atoms with Gasteiger partial charge in [0.2, 0.25) is 0 Å². The Morgan fingerprint density at radius 3 is 2.33 bits per heavy atom. The minimum Gasteiger partial charge on any atom is -0.452 e. The topological polar surface area (TPSA) is 55.4 Å². The predicted octanol–water partition coefficient (Wildman–Crippen LogP) is 4.22. The summed E-state index contributed by atoms with van der Waals surface area (Å²) in [5, 5.41) is 2.72. The lowest BCUT2D eigenvalue weighted by atomic mass is 10.0. The molecule has 0 aliphatic heterocycles. The maximum atomic E-state index is 12.1. The zero-order valence-electron chi connectivity index (χ0n) is 14.6. The van der Waals surface area contributed by atoms with E-state index in [0.29, 0.717) is 17.2 Å². The Morgan fingerprint density at radius 2 is 1.71 bits per heavy atom. The minimum absolute atomic E-state index is 0.307. The van der Waals surface area contributed by atoms with Crippen LogP contribution in [0.3, 0.4) is 0 Å². The number of nitrogens with one attached hydrogen (secondary N) is 1. The van der Waals surface area contributed by atoms with E-state index in [9.17, 15) is 9.59 Å². The third kappa shape index (κ3) is 4.44. The summed E-state index contributed by atoms with van der Waals surface area (Å²) in [4.78, 5) is 24.0. The van der Waals surface area contributed by atoms with Crippen molar-refractivity contribution in [3.63, 3.8) is 0 Å². The number of esters is 1. The fraction of sp³-hybridized carbons (Fsp3) is 0.300. The van der Waals surface area contributed by atoms with Gasteiger partial charge in [0.25, 0.3) is 5.91 Å². The van der Waals surface area contributed by atoms with Crippen LogP contribution in [-0.2, 0) is 9.53 Å². The highest BCUT2D eigenvalue weighted by molar-refractivity contribution is 5.96. The van der Waals surface area contributed by atoms with Gasteiger partial charge in [-0.05, 0) is 54.7 Å². The second-order valence-electron chi connectivity index (χ2n) is 6.15. The number of hydrogen-bond acceptors (Lipinski definition) is 3. The maximum absolute atomic E-state index is 12.1. The van der Waals surface area contributed by atoms with E-state index in [2.05, 4.69) is 19.2 Å². The summed E-state index contributed by atoms with van der Waals surface area (Å²) >= 11 is 0. The summed E-state index contributed by atoms with van der Waals surface area (Å²) in [7, 11) is 0. The summed E-state index contributed by atoms with van der Waals surface area (Å²) < 4.78 is 5.11. The van der Waals surface area contributed by atoms with Crippen molar-refractivity contribution in [1.82, 2.24) is 0 Å². The summed E-state index contributed by atoms with van der Waals surface area (Å²) in [5.74, 6) is -0.402. The Labute approximate surface area is 142 Å². The van der Waals surface area contributed by atoms with E-state index in [1.807, 2.05) is 44.2 Å². The van der Waals surface area contributed by atoms with Gasteiger partial charge < -0.3 is 10.1 Å². The first-order valence-electron chi connectivity index (χ1n) is 8.01. The Kier molecular flexibility index (Phi) is 5.74. The Balaban J connectivity index is 1.91. The molecule has 0 heterocycles. The highest BCUT2D eigenvalue weighted by atomic mass is 16.5. The van der Waals surface area contributed by atoms with Crippen LogP contribution in [-0.4, -0.2) is 18.5 Å². The van der Waals surface area contributed by atoms with Crippen LogP contribution in [0.1, 0.15) is 46.8 Å². The number of hydrogen-bond donors (Lipinski definition) is 1. The first kappa shape index (κ1) is 17.7. The van der Waals surface area contributed by atoms with Crippen LogP contribution in [0.5, 0.6) is 0 Å². The fourth-order valence-electron chi connectivity index (χ4n) is 2.33. The van der Waals surface area contributed by atoms with Crippen LogP contribution in [0.15, 0.2) is 42.5 Å². The fourth-order valence-corrected chi connectivity index (χ4v) is 2.33. The van der Waals surface area contributed by atoms with Gasteiger partial charge in [-0.2, -0.15) is 0 Å². The molecule has 0 aromatic heterocycles. The van der Waals surface area contributed by atoms with Gasteiger partial charge in [0.05, 0.1) is 5.56 Å². The summed E-state index contributed by atoms with van der Waals surface area (Å²) in [5.41, 5.74) is 4.26. The van der Waals surface area contributed by atoms with Crippen LogP contribution >= 0.6 is 0 Å². The summed E-state index contributed by atoms with van der Waals surface area (Å²) in [6.07, 6.45) is 0. The SMILES string of the molecule is Cc1cccc(C(=O)OCC(=O)Nc2ccc(C(C)C)cc2)c1C. The molecule has 0 saturated heterocycles. The lowest BCUT2D eigenvalue weighted by molar-refractivity contribution is -0.119. The quantitative estimate of drug-likeness (QED) is 0.837. The molecule has 0 fully saturated rings. The van der Waals surface area contributed by atoms with E-state index in [1.54, 1.807) is 12.1 Å². The average molecular weight is 325 g/mol. The van der Waals surface area contributed by atoms with Gasteiger partial charge in [-0.3, -0.25) is 4.79 Å². The first-order valence-corrected chi connectivity index (χ1v) is 8.01. The molecule has 4 heteroatoms. The molecular formula is C20H23NO3. The van der Waals surface area contributed by atoms with Crippen molar-refractivity contribution < 1.29 is 14.3 Å². The van der Waals surface area contributed by atoms with E-state index in [-0.39, 0.29) is 12.5 Å². The van der Waals surface area contributed by atoms with Gasteiger partial charge >= 0.3 is 5.97 Å². The second-order valence-corrected chi connectivity index (χ2v) is 6.15. The largest absolute Gasteiger partial charge is 0.452 e. The number of ether oxygens (including phenoxy) is 1. The number of rotatable bonds is 5. The number of amides is 1. The molecule has 4 nitrogen and oxygen atoms in total. The highest BCUT2D eigenvalue weighted by Crippen LogP contribution is 2.17. The number of carbonyl (C=O) groups is 2. The normalized spacial score (nSPS) is 10.5. The molecule has 0 unspecified atom stereocenters. The number of anilines is 1. The third-order valence-corrected chi connectivity index (χ3v) is 4.02. The molecule has 0 bridgehead atoms. The maximum Gasteiger partial charge on any atom is 0.338 e. The molecule has 126 valence electrons. The Hall–Kier alpha value is -2.62. The monoisotopic (exact) mass is 325 g/mol. The molecule has 0 aliphatic carbocycles. The zero-order valence-corrected chi connectivity index (χ0v) is 14.6. The Bertz CT molecular complexity index is 733. The number of carbonyl (C=O) groups excluding carboxylic acids is 2. The van der Waals surface area contributed by atoms with Crippen molar-refractivity contribution in [3.8, 4) is 0 Å². The van der Waals surface area contributed by atoms with Gasteiger partial charge in [-0.25, -0.2) is 4.79 Å². The molecule has 24 heavy (non-hydrogen) atoms. The van der Waals surface area contributed by atoms with E-state index in [0.717, 1.165) is 11.1 Å². The number of benzene rings is 2. The van der Waals surface area contributed by atoms with Crippen molar-refractivity contribution in [2.45, 2.75) is 33.6 Å². The van der Waals surface area contributed by atoms with Crippen molar-refractivity contribution in [1.29, 1.82) is 0 Å². The molecule has 0 saturated carbocycles. The van der Waals surface area contributed by atoms with Gasteiger partial charge in [-0.15, -0.1) is 0 Å². The van der Waals surface area contributed by atoms with Gasteiger partial charge in [0, 0.05) is 5.69 Å². The number of aryl methyl sites for hydroxylation is 1. The van der Waals surface area contributed by atoms with Gasteiger partial charge in [-0.1, -0.05) is 38.1 Å². The molecule has 1 amide bonds. The van der Waals surface area contributed by atoms with Crippen LogP contribution in [0.2, 0.25) is 0 Å². The highest BCUT2D eigenvalue weighted by Gasteiger charge is 2.13. The van der Waals surface area contributed by atoms with E-state index < -0.39 is 5.97 Å². The van der Waals surface area contributed by atoms with E-state index in [1.165, 1.54) is 5.56 Å². The van der Waals surface area contributed by atoms with E-state index >= 15 is 0 Å². The molecule has 2 rings (SSSR count). The minimum atomic E-state index is -0.485. The standard InChI is InChI=1S/C20H23NO3/c1-13(2)16-8-10-17(11-9-16)21-19(22)12-24-20(23)18-7-5-6-14(3)15(18)4/h5-11,13H,12H2,1-4H3,(H,21,22). The van der Waals surface area contributed by atoms with Crippen LogP contribution in [0, 0.1) is 13.8 Å². The molecule has 0 radical (unpaired) electrons. The third-order valence-electron chi connectivity index (χ3n) is 4.02. The zero-order chi connectivity index (χ0) is 17.7. The van der Waals surface area contributed by atoms with Gasteiger partial charge in [0.15, 0.2) is 6.61 Å². The Morgan fingerprint density at radius 1 is 1.04 bits per heavy atom. The van der Waals surface area contributed by atoms with Crippen molar-refractivity contribution >= 4 is 17.6 Å². The molecule has 0 spiro atoms. The summed E-state index contributed by atoms with van der Waals surface area (Å²) in [6, 6.07) is 13.1. The van der Waals surface area contributed by atoms with E-state index in [4.69, 9.17) is 4.74 Å². The second kappa shape index (κ2) is 7.77. The van der Waals surface area contributed by atoms with Crippen molar-refractivity contribution in [2.24, 2.45) is 0 Å². The van der Waals surface area contributed by atoms with Crippen molar-refractivity contribution in [2.75, 3.05) is 11.9 Å². The summed E-state index contributed by atoms with van der Waals surface area (Å²) in [6.45, 7) is 7.71. The van der Waals surface area contributed by atoms with Crippen LogP contribution in [0.4, 0.5) is 5.69 Å². The average Bonchev–Trinajstić information content (AvgIpc) is 2.55. The lowest BCUT2D eigenvalue weighted by Crippen LogP contribution is -2.21. The van der Waals surface area contributed by atoms with Crippen LogP contribution in [0.25, 0.3) is 0 Å². The van der Waals surface area contributed by atoms with Crippen LogP contribution < -0.4 is 5.32 Å². The molecule has 2 aromatic rings. The smallest absolute Gasteiger partial charge is 0.338 e. The predicted molar refractivity (Wildman–Crippen MR) is 95.4 cm³/mol.